The zero-order valence-electron chi connectivity index (χ0n) is 7.33. The molecule has 0 radical (unpaired) electrons. The molecule has 0 saturated heterocycles. The van der Waals surface area contributed by atoms with E-state index in [1.807, 2.05) is 18.3 Å². The molecule has 1 aliphatic heterocycles. The lowest BCUT2D eigenvalue weighted by atomic mass is 10.0. The van der Waals surface area contributed by atoms with Crippen molar-refractivity contribution in [2.45, 2.75) is 19.4 Å². The maximum atomic E-state index is 9.65. The minimum Gasteiger partial charge on any atom is -0.506 e. The smallest absolute Gasteiger partial charge is 0.141 e. The average Bonchev–Trinajstić information content (AvgIpc) is 2.47. The van der Waals surface area contributed by atoms with Gasteiger partial charge in [0.15, 0.2) is 0 Å². The molecule has 2 aromatic rings. The van der Waals surface area contributed by atoms with E-state index in [2.05, 4.69) is 10.6 Å². The van der Waals surface area contributed by atoms with Crippen LogP contribution in [0, 0.1) is 0 Å². The summed E-state index contributed by atoms with van der Waals surface area (Å²) >= 11 is 0. The summed E-state index contributed by atoms with van der Waals surface area (Å²) in [5.41, 5.74) is 2.59. The van der Waals surface area contributed by atoms with Crippen LogP contribution in [0.2, 0.25) is 0 Å². The largest absolute Gasteiger partial charge is 0.506 e. The van der Waals surface area contributed by atoms with Crippen LogP contribution in [0.4, 0.5) is 0 Å². The second kappa shape index (κ2) is 2.28. The first-order chi connectivity index (χ1) is 6.36. The number of rotatable bonds is 0. The molecule has 2 heterocycles. The third kappa shape index (κ3) is 0.829. The van der Waals surface area contributed by atoms with E-state index in [0.29, 0.717) is 5.75 Å². The van der Waals surface area contributed by atoms with Crippen LogP contribution in [0.1, 0.15) is 12.0 Å². The van der Waals surface area contributed by atoms with E-state index in [1.165, 1.54) is 17.5 Å². The molecule has 1 aromatic carbocycles. The fraction of sp³-hybridized carbons (Fsp3) is 0.273. The summed E-state index contributed by atoms with van der Waals surface area (Å²) in [6.07, 6.45) is 4.16. The summed E-state index contributed by atoms with van der Waals surface area (Å²) in [6.45, 7) is 1.04. The minimum atomic E-state index is 0.416. The molecule has 0 unspecified atom stereocenters. The van der Waals surface area contributed by atoms with E-state index < -0.39 is 0 Å². The Kier molecular flexibility index (Phi) is 1.23. The maximum Gasteiger partial charge on any atom is 0.141 e. The molecule has 1 aromatic heterocycles. The molecule has 0 fully saturated rings. The standard InChI is InChI=1S/C11H11NO/c13-10-7-12-6-2-4-8-3-1-5-9(10)11(8)12/h1,3,5,7,13H,2,4,6H2. The van der Waals surface area contributed by atoms with Crippen molar-refractivity contribution in [1.29, 1.82) is 0 Å². The highest BCUT2D eigenvalue weighted by molar-refractivity contribution is 5.89. The molecule has 0 atom stereocenters. The summed E-state index contributed by atoms with van der Waals surface area (Å²) in [7, 11) is 0. The van der Waals surface area contributed by atoms with Crippen molar-refractivity contribution in [2.24, 2.45) is 0 Å². The predicted molar refractivity (Wildman–Crippen MR) is 51.9 cm³/mol. The lowest BCUT2D eigenvalue weighted by Gasteiger charge is -2.14. The van der Waals surface area contributed by atoms with Crippen molar-refractivity contribution in [3.63, 3.8) is 0 Å². The van der Waals surface area contributed by atoms with Crippen molar-refractivity contribution >= 4 is 10.9 Å². The Labute approximate surface area is 76.4 Å². The van der Waals surface area contributed by atoms with E-state index in [9.17, 15) is 5.11 Å². The molecule has 2 nitrogen and oxygen atoms in total. The van der Waals surface area contributed by atoms with Gasteiger partial charge in [0.2, 0.25) is 0 Å². The molecule has 0 bridgehead atoms. The Hall–Kier alpha value is -1.44. The molecular weight excluding hydrogens is 162 g/mol. The van der Waals surface area contributed by atoms with Crippen LogP contribution in [0.25, 0.3) is 10.9 Å². The molecule has 0 spiro atoms. The predicted octanol–water partition coefficient (Wildman–Crippen LogP) is 2.29. The van der Waals surface area contributed by atoms with Gasteiger partial charge in [-0.25, -0.2) is 0 Å². The highest BCUT2D eigenvalue weighted by Gasteiger charge is 2.14. The average molecular weight is 173 g/mol. The molecule has 0 amide bonds. The second-order valence-corrected chi connectivity index (χ2v) is 3.62. The van der Waals surface area contributed by atoms with Gasteiger partial charge in [-0.15, -0.1) is 0 Å². The third-order valence-corrected chi connectivity index (χ3v) is 2.81. The molecule has 0 aliphatic carbocycles. The topological polar surface area (TPSA) is 25.2 Å². The van der Waals surface area contributed by atoms with Crippen molar-refractivity contribution < 1.29 is 5.11 Å². The van der Waals surface area contributed by atoms with E-state index in [-0.39, 0.29) is 0 Å². The van der Waals surface area contributed by atoms with Crippen molar-refractivity contribution in [3.05, 3.63) is 30.0 Å². The second-order valence-electron chi connectivity index (χ2n) is 3.62. The van der Waals surface area contributed by atoms with Crippen LogP contribution in [-0.4, -0.2) is 9.67 Å². The first-order valence-corrected chi connectivity index (χ1v) is 4.66. The first-order valence-electron chi connectivity index (χ1n) is 4.66. The molecule has 13 heavy (non-hydrogen) atoms. The lowest BCUT2D eigenvalue weighted by molar-refractivity contribution is 0.477. The van der Waals surface area contributed by atoms with E-state index in [1.54, 1.807) is 0 Å². The Morgan fingerprint density at radius 2 is 2.23 bits per heavy atom. The minimum absolute atomic E-state index is 0.416. The molecule has 1 aliphatic rings. The maximum absolute atomic E-state index is 9.65. The fourth-order valence-electron chi connectivity index (χ4n) is 2.24. The Balaban J connectivity index is 2.51. The third-order valence-electron chi connectivity index (χ3n) is 2.81. The van der Waals surface area contributed by atoms with E-state index in [0.717, 1.165) is 18.4 Å². The van der Waals surface area contributed by atoms with Gasteiger partial charge in [0, 0.05) is 18.1 Å². The summed E-state index contributed by atoms with van der Waals surface area (Å²) in [6, 6.07) is 6.15. The van der Waals surface area contributed by atoms with Crippen molar-refractivity contribution in [3.8, 4) is 5.75 Å². The van der Waals surface area contributed by atoms with Crippen molar-refractivity contribution in [1.82, 2.24) is 4.57 Å². The van der Waals surface area contributed by atoms with Gasteiger partial charge >= 0.3 is 0 Å². The van der Waals surface area contributed by atoms with Gasteiger partial charge in [-0.2, -0.15) is 0 Å². The monoisotopic (exact) mass is 173 g/mol. The summed E-state index contributed by atoms with van der Waals surface area (Å²) in [4.78, 5) is 0. The molecule has 0 saturated carbocycles. The molecule has 1 N–H and O–H groups in total. The number of hydrogen-bond donors (Lipinski definition) is 1. The number of aromatic hydroxyl groups is 1. The summed E-state index contributed by atoms with van der Waals surface area (Å²) < 4.78 is 2.16. The van der Waals surface area contributed by atoms with Crippen molar-refractivity contribution in [2.75, 3.05) is 0 Å². The van der Waals surface area contributed by atoms with Crippen LogP contribution in [-0.2, 0) is 13.0 Å². The normalized spacial score (nSPS) is 15.1. The van der Waals surface area contributed by atoms with Crippen LogP contribution in [0.5, 0.6) is 5.75 Å². The van der Waals surface area contributed by atoms with Gasteiger partial charge in [0.1, 0.15) is 5.75 Å². The SMILES string of the molecule is Oc1cn2c3c(cccc13)CCC2. The number of para-hydroxylation sites is 1. The highest BCUT2D eigenvalue weighted by atomic mass is 16.3. The van der Waals surface area contributed by atoms with Gasteiger partial charge in [0.05, 0.1) is 5.52 Å². The Morgan fingerprint density at radius 1 is 1.31 bits per heavy atom. The quantitative estimate of drug-likeness (QED) is 0.649. The first kappa shape index (κ1) is 7.01. The molecule has 3 rings (SSSR count). The van der Waals surface area contributed by atoms with Gasteiger partial charge < -0.3 is 9.67 Å². The van der Waals surface area contributed by atoms with E-state index in [4.69, 9.17) is 0 Å². The fourth-order valence-corrected chi connectivity index (χ4v) is 2.24. The van der Waals surface area contributed by atoms with Crippen LogP contribution < -0.4 is 0 Å². The van der Waals surface area contributed by atoms with Crippen LogP contribution in [0.3, 0.4) is 0 Å². The molecular formula is C11H11NO. The van der Waals surface area contributed by atoms with Crippen LogP contribution >= 0.6 is 0 Å². The Morgan fingerprint density at radius 3 is 3.15 bits per heavy atom. The summed E-state index contributed by atoms with van der Waals surface area (Å²) in [5, 5.41) is 10.7. The van der Waals surface area contributed by atoms with Gasteiger partial charge in [-0.05, 0) is 24.5 Å². The number of benzene rings is 1. The molecule has 2 heteroatoms. The zero-order chi connectivity index (χ0) is 8.84. The zero-order valence-corrected chi connectivity index (χ0v) is 7.33. The number of hydrogen-bond acceptors (Lipinski definition) is 1. The van der Waals surface area contributed by atoms with Crippen LogP contribution in [0.15, 0.2) is 24.4 Å². The Bertz CT molecular complexity index is 470. The highest BCUT2D eigenvalue weighted by Crippen LogP contribution is 2.32. The van der Waals surface area contributed by atoms with Gasteiger partial charge in [0.25, 0.3) is 0 Å². The van der Waals surface area contributed by atoms with Gasteiger partial charge in [-0.3, -0.25) is 0 Å². The number of nitrogens with zero attached hydrogens (tertiary/aromatic N) is 1. The molecule has 66 valence electrons. The van der Waals surface area contributed by atoms with E-state index >= 15 is 0 Å². The van der Waals surface area contributed by atoms with Gasteiger partial charge in [-0.1, -0.05) is 12.1 Å². The number of aryl methyl sites for hydroxylation is 2. The lowest BCUT2D eigenvalue weighted by Crippen LogP contribution is -2.05. The summed E-state index contributed by atoms with van der Waals surface area (Å²) in [5.74, 6) is 0.416. The number of aromatic nitrogens is 1.